The number of fused-ring (bicyclic) bond motifs is 1. The van der Waals surface area contributed by atoms with Crippen molar-refractivity contribution >= 4 is 28.1 Å². The monoisotopic (exact) mass is 308 g/mol. The van der Waals surface area contributed by atoms with Crippen LogP contribution in [0.4, 0.5) is 17.2 Å². The number of aryl methyl sites for hydroxylation is 1. The number of anilines is 3. The molecule has 0 bridgehead atoms. The van der Waals surface area contributed by atoms with Crippen LogP contribution in [0.5, 0.6) is 5.75 Å². The lowest BCUT2D eigenvalue weighted by molar-refractivity contribution is 0.415. The number of methoxy groups -OCH3 is 1. The van der Waals surface area contributed by atoms with Crippen LogP contribution in [0.15, 0.2) is 42.5 Å². The predicted octanol–water partition coefficient (Wildman–Crippen LogP) is 3.76. The molecule has 0 aliphatic rings. The minimum atomic E-state index is 0.751. The molecule has 0 spiro atoms. The number of nitrogens with one attached hydrogen (secondary N) is 1. The van der Waals surface area contributed by atoms with Gasteiger partial charge in [-0.25, -0.2) is 9.97 Å². The second-order valence-corrected chi connectivity index (χ2v) is 5.33. The fourth-order valence-corrected chi connectivity index (χ4v) is 2.57. The molecule has 3 rings (SSSR count). The van der Waals surface area contributed by atoms with Gasteiger partial charge in [0, 0.05) is 30.9 Å². The highest BCUT2D eigenvalue weighted by Gasteiger charge is 2.12. The van der Waals surface area contributed by atoms with Gasteiger partial charge in [0.1, 0.15) is 17.4 Å². The molecule has 1 heterocycles. The third kappa shape index (κ3) is 2.90. The normalized spacial score (nSPS) is 10.6. The van der Waals surface area contributed by atoms with Gasteiger partial charge < -0.3 is 15.0 Å². The number of aromatic nitrogens is 2. The van der Waals surface area contributed by atoms with Crippen LogP contribution in [0.25, 0.3) is 10.9 Å². The highest BCUT2D eigenvalue weighted by atomic mass is 16.5. The van der Waals surface area contributed by atoms with Gasteiger partial charge in [-0.15, -0.1) is 0 Å². The number of hydrogen-bond acceptors (Lipinski definition) is 5. The van der Waals surface area contributed by atoms with Crippen LogP contribution in [-0.2, 0) is 0 Å². The molecule has 0 amide bonds. The summed E-state index contributed by atoms with van der Waals surface area (Å²) in [6.45, 7) is 1.91. The zero-order chi connectivity index (χ0) is 16.4. The van der Waals surface area contributed by atoms with Crippen LogP contribution < -0.4 is 15.0 Å². The van der Waals surface area contributed by atoms with E-state index in [0.717, 1.165) is 39.7 Å². The minimum absolute atomic E-state index is 0.751. The fraction of sp³-hybridized carbons (Fsp3) is 0.222. The summed E-state index contributed by atoms with van der Waals surface area (Å²) in [5.41, 5.74) is 3.01. The molecule has 0 unspecified atom stereocenters. The molecule has 1 aromatic heterocycles. The molecule has 1 N–H and O–H groups in total. The summed E-state index contributed by atoms with van der Waals surface area (Å²) in [5.74, 6) is 2.48. The van der Waals surface area contributed by atoms with Gasteiger partial charge in [0.25, 0.3) is 0 Å². The smallest absolute Gasteiger partial charge is 0.144 e. The largest absolute Gasteiger partial charge is 0.497 e. The number of ether oxygens (including phenoxy) is 1. The van der Waals surface area contributed by atoms with Crippen LogP contribution in [0.1, 0.15) is 5.82 Å². The highest BCUT2D eigenvalue weighted by molar-refractivity contribution is 5.93. The third-order valence-electron chi connectivity index (χ3n) is 3.85. The number of rotatable bonds is 4. The Kier molecular flexibility index (Phi) is 4.02. The molecule has 0 saturated heterocycles. The summed E-state index contributed by atoms with van der Waals surface area (Å²) in [7, 11) is 5.58. The lowest BCUT2D eigenvalue weighted by atomic mass is 10.2. The Bertz CT molecular complexity index is 830. The van der Waals surface area contributed by atoms with Crippen molar-refractivity contribution in [2.75, 3.05) is 31.4 Å². The first-order valence-electron chi connectivity index (χ1n) is 7.46. The number of benzene rings is 2. The van der Waals surface area contributed by atoms with Gasteiger partial charge in [-0.05, 0) is 49.4 Å². The second-order valence-electron chi connectivity index (χ2n) is 5.33. The number of hydrogen-bond donors (Lipinski definition) is 1. The maximum absolute atomic E-state index is 5.22. The summed E-state index contributed by atoms with van der Waals surface area (Å²) in [6, 6.07) is 14.0. The average Bonchev–Trinajstić information content (AvgIpc) is 2.59. The van der Waals surface area contributed by atoms with Crippen molar-refractivity contribution in [1.29, 1.82) is 0 Å². The van der Waals surface area contributed by atoms with Gasteiger partial charge in [-0.2, -0.15) is 0 Å². The predicted molar refractivity (Wildman–Crippen MR) is 94.9 cm³/mol. The second kappa shape index (κ2) is 6.12. The first-order valence-corrected chi connectivity index (χ1v) is 7.46. The lowest BCUT2D eigenvalue weighted by Gasteiger charge is -2.21. The van der Waals surface area contributed by atoms with E-state index >= 15 is 0 Å². The molecule has 5 nitrogen and oxygen atoms in total. The molecule has 23 heavy (non-hydrogen) atoms. The Morgan fingerprint density at radius 3 is 2.43 bits per heavy atom. The van der Waals surface area contributed by atoms with Crippen molar-refractivity contribution in [3.63, 3.8) is 0 Å². The van der Waals surface area contributed by atoms with E-state index in [-0.39, 0.29) is 0 Å². The lowest BCUT2D eigenvalue weighted by Crippen LogP contribution is -2.13. The minimum Gasteiger partial charge on any atom is -0.497 e. The van der Waals surface area contributed by atoms with Crippen LogP contribution >= 0.6 is 0 Å². The van der Waals surface area contributed by atoms with Crippen molar-refractivity contribution in [1.82, 2.24) is 9.97 Å². The van der Waals surface area contributed by atoms with Crippen LogP contribution in [0.3, 0.4) is 0 Å². The van der Waals surface area contributed by atoms with Crippen molar-refractivity contribution in [3.8, 4) is 5.75 Å². The summed E-state index contributed by atoms with van der Waals surface area (Å²) >= 11 is 0. The van der Waals surface area contributed by atoms with Crippen LogP contribution in [-0.4, -0.2) is 31.2 Å². The Hall–Kier alpha value is -2.82. The standard InChI is InChI=1S/C18H20N4O/c1-12-20-17-11-13(19-2)5-10-16(17)18(21-12)22(3)14-6-8-15(23-4)9-7-14/h5-11,19H,1-4H3. The Labute approximate surface area is 135 Å². The molecule has 5 heteroatoms. The molecular weight excluding hydrogens is 288 g/mol. The van der Waals surface area contributed by atoms with E-state index in [1.165, 1.54) is 0 Å². The summed E-state index contributed by atoms with van der Waals surface area (Å²) in [6.07, 6.45) is 0. The molecule has 0 radical (unpaired) electrons. The fourth-order valence-electron chi connectivity index (χ4n) is 2.57. The van der Waals surface area contributed by atoms with Crippen molar-refractivity contribution < 1.29 is 4.74 Å². The molecule has 3 aromatic rings. The van der Waals surface area contributed by atoms with Gasteiger partial charge in [-0.3, -0.25) is 0 Å². The molecule has 0 saturated carbocycles. The van der Waals surface area contributed by atoms with Gasteiger partial charge in [0.15, 0.2) is 0 Å². The van der Waals surface area contributed by atoms with E-state index in [4.69, 9.17) is 4.74 Å². The van der Waals surface area contributed by atoms with Crippen molar-refractivity contribution in [3.05, 3.63) is 48.3 Å². The summed E-state index contributed by atoms with van der Waals surface area (Å²) in [4.78, 5) is 11.3. The molecule has 0 aliphatic heterocycles. The van der Waals surface area contributed by atoms with Gasteiger partial charge in [-0.1, -0.05) is 0 Å². The quantitative estimate of drug-likeness (QED) is 0.795. The van der Waals surface area contributed by atoms with Crippen molar-refractivity contribution in [2.45, 2.75) is 6.92 Å². The van der Waals surface area contributed by atoms with E-state index in [1.54, 1.807) is 7.11 Å². The molecule has 0 atom stereocenters. The van der Waals surface area contributed by atoms with E-state index in [9.17, 15) is 0 Å². The number of nitrogens with zero attached hydrogens (tertiary/aromatic N) is 3. The highest BCUT2D eigenvalue weighted by Crippen LogP contribution is 2.30. The van der Waals surface area contributed by atoms with Gasteiger partial charge in [0.2, 0.25) is 0 Å². The van der Waals surface area contributed by atoms with E-state index in [1.807, 2.05) is 57.4 Å². The molecule has 2 aromatic carbocycles. The maximum atomic E-state index is 5.22. The molecule has 0 fully saturated rings. The third-order valence-corrected chi connectivity index (χ3v) is 3.85. The van der Waals surface area contributed by atoms with Gasteiger partial charge in [0.05, 0.1) is 12.6 Å². The molecule has 118 valence electrons. The average molecular weight is 308 g/mol. The van der Waals surface area contributed by atoms with Gasteiger partial charge >= 0.3 is 0 Å². The maximum Gasteiger partial charge on any atom is 0.144 e. The Balaban J connectivity index is 2.10. The Morgan fingerprint density at radius 1 is 1.04 bits per heavy atom. The molecule has 0 aliphatic carbocycles. The zero-order valence-electron chi connectivity index (χ0n) is 13.8. The zero-order valence-corrected chi connectivity index (χ0v) is 13.8. The molecular formula is C18H20N4O. The van der Waals surface area contributed by atoms with Crippen LogP contribution in [0.2, 0.25) is 0 Å². The topological polar surface area (TPSA) is 50.3 Å². The first-order chi connectivity index (χ1) is 11.1. The summed E-state index contributed by atoms with van der Waals surface area (Å²) < 4.78 is 5.22. The van der Waals surface area contributed by atoms with E-state index in [0.29, 0.717) is 0 Å². The van der Waals surface area contributed by atoms with Crippen LogP contribution in [0, 0.1) is 6.92 Å². The Morgan fingerprint density at radius 2 is 1.78 bits per heavy atom. The van der Waals surface area contributed by atoms with Crippen molar-refractivity contribution in [2.24, 2.45) is 0 Å². The first kappa shape index (κ1) is 15.1. The SMILES string of the molecule is CNc1ccc2c(N(C)c3ccc(OC)cc3)nc(C)nc2c1. The summed E-state index contributed by atoms with van der Waals surface area (Å²) in [5, 5.41) is 4.16. The van der Waals surface area contributed by atoms with E-state index < -0.39 is 0 Å². The van der Waals surface area contributed by atoms with E-state index in [2.05, 4.69) is 26.3 Å².